The zero-order chi connectivity index (χ0) is 25.3. The van der Waals surface area contributed by atoms with E-state index in [1.54, 1.807) is 12.1 Å². The highest BCUT2D eigenvalue weighted by molar-refractivity contribution is 9.10. The van der Waals surface area contributed by atoms with Crippen LogP contribution in [0.25, 0.3) is 11.0 Å². The van der Waals surface area contributed by atoms with Crippen molar-refractivity contribution in [2.45, 2.75) is 4.90 Å². The maximum atomic E-state index is 12.8. The van der Waals surface area contributed by atoms with E-state index in [0.717, 1.165) is 22.5 Å². The van der Waals surface area contributed by atoms with Crippen molar-refractivity contribution < 1.29 is 30.7 Å². The van der Waals surface area contributed by atoms with E-state index < -0.39 is 42.5 Å². The predicted octanol–water partition coefficient (Wildman–Crippen LogP) is 4.51. The van der Waals surface area contributed by atoms with Crippen LogP contribution in [-0.4, -0.2) is 22.1 Å². The van der Waals surface area contributed by atoms with Crippen molar-refractivity contribution in [3.05, 3.63) is 97.8 Å². The van der Waals surface area contributed by atoms with Gasteiger partial charge in [-0.1, -0.05) is 40.2 Å². The molecule has 14 heteroatoms. The van der Waals surface area contributed by atoms with Gasteiger partial charge < -0.3 is 8.60 Å². The third kappa shape index (κ3) is 5.09. The maximum Gasteiger partial charge on any atom is 0.361 e. The zero-order valence-corrected chi connectivity index (χ0v) is 20.4. The minimum Gasteiger partial charge on any atom is -0.417 e. The molecule has 0 saturated heterocycles. The molecule has 35 heavy (non-hydrogen) atoms. The minimum atomic E-state index is -4.53. The van der Waals surface area contributed by atoms with Crippen molar-refractivity contribution in [3.8, 4) is 5.75 Å². The summed E-state index contributed by atoms with van der Waals surface area (Å²) in [6, 6.07) is 16.0. The van der Waals surface area contributed by atoms with Crippen LogP contribution in [0, 0.1) is 10.1 Å². The number of benzene rings is 3. The quantitative estimate of drug-likeness (QED) is 0.109. The Hall–Kier alpha value is -3.59. The first-order chi connectivity index (χ1) is 16.6. The Morgan fingerprint density at radius 2 is 1.77 bits per heavy atom. The monoisotopic (exact) mass is 580 g/mol. The predicted molar refractivity (Wildman–Crippen MR) is 130 cm³/mol. The van der Waals surface area contributed by atoms with Crippen molar-refractivity contribution >= 4 is 65.3 Å². The molecule has 0 radical (unpaired) electrons. The Bertz CT molecular complexity index is 1650. The molecule has 0 aliphatic carbocycles. The fourth-order valence-electron chi connectivity index (χ4n) is 3.15. The number of fused-ring (bicyclic) bond motifs is 1. The molecule has 0 aliphatic rings. The largest absolute Gasteiger partial charge is 0.417 e. The third-order valence-corrected chi connectivity index (χ3v) is 7.08. The number of para-hydroxylation sites is 1. The number of anilines is 2. The molecule has 0 saturated carbocycles. The summed E-state index contributed by atoms with van der Waals surface area (Å²) in [4.78, 5) is 22.6. The van der Waals surface area contributed by atoms with E-state index in [0.29, 0.717) is 4.47 Å². The lowest BCUT2D eigenvalue weighted by atomic mass is 10.2. The molecular weight excluding hydrogens is 568 g/mol. The van der Waals surface area contributed by atoms with Gasteiger partial charge >= 0.3 is 15.7 Å². The van der Waals surface area contributed by atoms with Gasteiger partial charge in [-0.05, 0) is 36.4 Å². The molecule has 3 aromatic carbocycles. The van der Waals surface area contributed by atoms with Crippen molar-refractivity contribution in [2.75, 3.05) is 4.31 Å². The second kappa shape index (κ2) is 9.58. The molecule has 1 unspecified atom stereocenters. The number of hydrogen-bond donors (Lipinski definition) is 1. The molecule has 0 spiro atoms. The van der Waals surface area contributed by atoms with Crippen LogP contribution in [0.4, 0.5) is 17.1 Å². The smallest absolute Gasteiger partial charge is 0.361 e. The molecule has 11 nitrogen and oxygen atoms in total. The average molecular weight is 581 g/mol. The molecule has 0 amide bonds. The molecule has 0 aliphatic heterocycles. The minimum absolute atomic E-state index is 0.191. The number of halogens is 1. The Kier molecular flexibility index (Phi) is 6.71. The summed E-state index contributed by atoms with van der Waals surface area (Å²) in [6.45, 7) is 0. The van der Waals surface area contributed by atoms with Crippen LogP contribution in [0.2, 0.25) is 0 Å². The van der Waals surface area contributed by atoms with Crippen LogP contribution < -0.4 is 14.1 Å². The Morgan fingerprint density at radius 1 is 1.06 bits per heavy atom. The van der Waals surface area contributed by atoms with Crippen molar-refractivity contribution in [2.24, 2.45) is 0 Å². The topological polar surface area (TPSA) is 157 Å². The summed E-state index contributed by atoms with van der Waals surface area (Å²) in [7, 11) is -4.53. The normalized spacial score (nSPS) is 12.3. The van der Waals surface area contributed by atoms with E-state index in [-0.39, 0.29) is 28.1 Å². The van der Waals surface area contributed by atoms with Gasteiger partial charge in [-0.2, -0.15) is 8.42 Å². The second-order valence-electron chi connectivity index (χ2n) is 6.89. The van der Waals surface area contributed by atoms with Crippen LogP contribution in [0.5, 0.6) is 5.75 Å². The van der Waals surface area contributed by atoms with E-state index in [1.807, 2.05) is 0 Å². The molecule has 0 bridgehead atoms. The molecule has 1 atom stereocenters. The molecule has 180 valence electrons. The molecule has 0 fully saturated rings. The Balaban J connectivity index is 1.79. The van der Waals surface area contributed by atoms with Gasteiger partial charge in [0.2, 0.25) is 0 Å². The Labute approximate surface area is 208 Å². The summed E-state index contributed by atoms with van der Waals surface area (Å²) >= 11 is 0.611. The standard InChI is InChI=1S/C21H13BrN2O9S2/c22-14-5-2-6-15(11-14)23(34(28)29)18-10-13-4-1-9-19(20(13)32-21(18)25)33-35(30,31)17-8-3-7-16(12-17)24(26)27/h1-12H,(H,28,29). The second-order valence-corrected chi connectivity index (χ2v) is 10.2. The van der Waals surface area contributed by atoms with Crippen molar-refractivity contribution in [1.29, 1.82) is 0 Å². The summed E-state index contributed by atoms with van der Waals surface area (Å²) < 4.78 is 59.3. The third-order valence-electron chi connectivity index (χ3n) is 4.64. The van der Waals surface area contributed by atoms with Crippen molar-refractivity contribution in [3.63, 3.8) is 0 Å². The lowest BCUT2D eigenvalue weighted by molar-refractivity contribution is -0.385. The average Bonchev–Trinajstić information content (AvgIpc) is 2.80. The molecule has 1 N–H and O–H groups in total. The molecule has 4 aromatic rings. The molecule has 4 rings (SSSR count). The zero-order valence-electron chi connectivity index (χ0n) is 17.2. The van der Waals surface area contributed by atoms with Gasteiger partial charge in [0.05, 0.1) is 10.6 Å². The first-order valence-corrected chi connectivity index (χ1v) is 12.8. The summed E-state index contributed by atoms with van der Waals surface area (Å²) in [5.74, 6) is -0.350. The van der Waals surface area contributed by atoms with Crippen LogP contribution >= 0.6 is 15.9 Å². The first-order valence-electron chi connectivity index (χ1n) is 9.49. The molecule has 1 aromatic heterocycles. The van der Waals surface area contributed by atoms with Gasteiger partial charge in [0.1, 0.15) is 10.6 Å². The molecular formula is C21H13BrN2O9S2. The fourth-order valence-corrected chi connectivity index (χ4v) is 5.10. The van der Waals surface area contributed by atoms with Gasteiger partial charge in [-0.25, -0.2) is 13.3 Å². The molecule has 1 heterocycles. The summed E-state index contributed by atoms with van der Waals surface area (Å²) in [5.41, 5.74) is -1.80. The highest BCUT2D eigenvalue weighted by Crippen LogP contribution is 2.33. The first kappa shape index (κ1) is 24.5. The van der Waals surface area contributed by atoms with Gasteiger partial charge in [-0.15, -0.1) is 0 Å². The van der Waals surface area contributed by atoms with E-state index in [2.05, 4.69) is 15.9 Å². The van der Waals surface area contributed by atoms with Gasteiger partial charge in [-0.3, -0.25) is 14.7 Å². The fraction of sp³-hybridized carbons (Fsp3) is 0. The van der Waals surface area contributed by atoms with Gasteiger partial charge in [0, 0.05) is 22.0 Å². The number of rotatable bonds is 7. The summed E-state index contributed by atoms with van der Waals surface area (Å²) in [5, 5.41) is 11.2. The number of nitro groups is 1. The summed E-state index contributed by atoms with van der Waals surface area (Å²) in [6.07, 6.45) is 0. The lowest BCUT2D eigenvalue weighted by Crippen LogP contribution is -2.24. The Morgan fingerprint density at radius 3 is 2.46 bits per heavy atom. The maximum absolute atomic E-state index is 12.8. The van der Waals surface area contributed by atoms with Crippen LogP contribution in [0.1, 0.15) is 0 Å². The highest BCUT2D eigenvalue weighted by atomic mass is 79.9. The lowest BCUT2D eigenvalue weighted by Gasteiger charge is -2.19. The van der Waals surface area contributed by atoms with E-state index >= 15 is 0 Å². The van der Waals surface area contributed by atoms with Gasteiger partial charge in [0.25, 0.3) is 17.0 Å². The van der Waals surface area contributed by atoms with E-state index in [1.165, 1.54) is 42.5 Å². The van der Waals surface area contributed by atoms with Crippen LogP contribution in [0.3, 0.4) is 0 Å². The highest BCUT2D eigenvalue weighted by Gasteiger charge is 2.24. The number of nitro benzene ring substituents is 1. The number of non-ortho nitro benzene ring substituents is 1. The van der Waals surface area contributed by atoms with E-state index in [9.17, 15) is 32.1 Å². The van der Waals surface area contributed by atoms with Crippen LogP contribution in [-0.2, 0) is 21.4 Å². The van der Waals surface area contributed by atoms with Crippen molar-refractivity contribution in [1.82, 2.24) is 0 Å². The number of hydrogen-bond acceptors (Lipinski definition) is 8. The van der Waals surface area contributed by atoms with E-state index in [4.69, 9.17) is 8.60 Å². The SMILES string of the molecule is O=c1oc2c(OS(=O)(=O)c3cccc([N+](=O)[O-])c3)cccc2cc1N(c1cccc(Br)c1)S(=O)O. The van der Waals surface area contributed by atoms with Gasteiger partial charge in [0.15, 0.2) is 11.3 Å². The number of nitrogens with zero attached hydrogens (tertiary/aromatic N) is 2. The van der Waals surface area contributed by atoms with Crippen LogP contribution in [0.15, 0.2) is 91.4 Å².